The zero-order valence-electron chi connectivity index (χ0n) is 10.9. The Kier molecular flexibility index (Phi) is 5.39. The summed E-state index contributed by atoms with van der Waals surface area (Å²) < 4.78 is 27.1. The molecule has 0 bridgehead atoms. The van der Waals surface area contributed by atoms with Crippen molar-refractivity contribution in [2.45, 2.75) is 19.8 Å². The lowest BCUT2D eigenvalue weighted by atomic mass is 10.2. The molecule has 2 rings (SSSR count). The molecular formula is C13H14ClF2N3S. The van der Waals surface area contributed by atoms with Gasteiger partial charge in [-0.15, -0.1) is 10.2 Å². The summed E-state index contributed by atoms with van der Waals surface area (Å²) in [7, 11) is 0. The van der Waals surface area contributed by atoms with Crippen LogP contribution in [0.2, 0.25) is 5.02 Å². The van der Waals surface area contributed by atoms with Gasteiger partial charge in [0.1, 0.15) is 16.6 Å². The average Bonchev–Trinajstić information content (AvgIpc) is 2.87. The van der Waals surface area contributed by atoms with Crippen molar-refractivity contribution >= 4 is 22.9 Å². The van der Waals surface area contributed by atoms with Gasteiger partial charge in [0.25, 0.3) is 0 Å². The average molecular weight is 318 g/mol. The summed E-state index contributed by atoms with van der Waals surface area (Å²) in [5, 5.41) is 12.1. The minimum absolute atomic E-state index is 0.0946. The zero-order chi connectivity index (χ0) is 14.5. The van der Waals surface area contributed by atoms with E-state index in [2.05, 4.69) is 22.4 Å². The van der Waals surface area contributed by atoms with Crippen molar-refractivity contribution < 1.29 is 8.78 Å². The second kappa shape index (κ2) is 7.06. The summed E-state index contributed by atoms with van der Waals surface area (Å²) in [6.45, 7) is 3.83. The lowest BCUT2D eigenvalue weighted by Gasteiger charge is -2.00. The van der Waals surface area contributed by atoms with Crippen LogP contribution in [0.3, 0.4) is 0 Å². The van der Waals surface area contributed by atoms with Crippen LogP contribution in [-0.4, -0.2) is 23.3 Å². The third-order valence-corrected chi connectivity index (χ3v) is 3.96. The molecule has 0 saturated heterocycles. The first-order valence-electron chi connectivity index (χ1n) is 6.29. The second-order valence-electron chi connectivity index (χ2n) is 4.25. The van der Waals surface area contributed by atoms with E-state index in [0.29, 0.717) is 5.01 Å². The lowest BCUT2D eigenvalue weighted by molar-refractivity contribution is 0.603. The highest BCUT2D eigenvalue weighted by molar-refractivity contribution is 7.14. The lowest BCUT2D eigenvalue weighted by Crippen LogP contribution is -2.17. The molecule has 1 N–H and O–H groups in total. The predicted octanol–water partition coefficient (Wildman–Crippen LogP) is 3.68. The van der Waals surface area contributed by atoms with Gasteiger partial charge >= 0.3 is 0 Å². The van der Waals surface area contributed by atoms with Gasteiger partial charge in [0.05, 0.1) is 10.6 Å². The summed E-state index contributed by atoms with van der Waals surface area (Å²) >= 11 is 6.78. The highest BCUT2D eigenvalue weighted by atomic mass is 35.5. The molecule has 1 aromatic carbocycles. The number of halogens is 3. The van der Waals surface area contributed by atoms with Crippen molar-refractivity contribution in [2.24, 2.45) is 0 Å². The van der Waals surface area contributed by atoms with Gasteiger partial charge in [-0.1, -0.05) is 29.9 Å². The van der Waals surface area contributed by atoms with Crippen LogP contribution in [0.15, 0.2) is 12.1 Å². The van der Waals surface area contributed by atoms with Crippen molar-refractivity contribution in [1.29, 1.82) is 0 Å². The molecule has 20 heavy (non-hydrogen) atoms. The topological polar surface area (TPSA) is 37.8 Å². The number of aromatic nitrogens is 2. The van der Waals surface area contributed by atoms with E-state index in [0.717, 1.165) is 43.1 Å². The van der Waals surface area contributed by atoms with E-state index in [4.69, 9.17) is 11.6 Å². The molecule has 0 unspecified atom stereocenters. The van der Waals surface area contributed by atoms with E-state index in [-0.39, 0.29) is 10.6 Å². The molecule has 3 nitrogen and oxygen atoms in total. The minimum atomic E-state index is -0.663. The third-order valence-electron chi connectivity index (χ3n) is 2.65. The molecule has 0 amide bonds. The summed E-state index contributed by atoms with van der Waals surface area (Å²) in [6, 6.07) is 2.01. The van der Waals surface area contributed by atoms with Crippen LogP contribution in [0.25, 0.3) is 10.6 Å². The van der Waals surface area contributed by atoms with Crippen LogP contribution < -0.4 is 5.32 Å². The predicted molar refractivity (Wildman–Crippen MR) is 77.1 cm³/mol. The number of hydrogen-bond donors (Lipinski definition) is 1. The number of benzene rings is 1. The smallest absolute Gasteiger partial charge is 0.150 e. The molecule has 0 aliphatic carbocycles. The van der Waals surface area contributed by atoms with Gasteiger partial charge in [-0.25, -0.2) is 8.78 Å². The Bertz CT molecular complexity index is 589. The van der Waals surface area contributed by atoms with Crippen molar-refractivity contribution in [3.8, 4) is 10.6 Å². The number of hydrogen-bond acceptors (Lipinski definition) is 4. The first kappa shape index (κ1) is 15.3. The molecule has 0 spiro atoms. The van der Waals surface area contributed by atoms with Crippen LogP contribution in [0.1, 0.15) is 18.4 Å². The fourth-order valence-corrected chi connectivity index (χ4v) is 2.65. The fraction of sp³-hybridized carbons (Fsp3) is 0.385. The Morgan fingerprint density at radius 2 is 2.00 bits per heavy atom. The van der Waals surface area contributed by atoms with Crippen LogP contribution in [0.5, 0.6) is 0 Å². The Labute approximate surface area is 125 Å². The molecule has 1 heterocycles. The second-order valence-corrected chi connectivity index (χ2v) is 5.72. The van der Waals surface area contributed by atoms with E-state index >= 15 is 0 Å². The van der Waals surface area contributed by atoms with Gasteiger partial charge in [-0.2, -0.15) is 0 Å². The summed E-state index contributed by atoms with van der Waals surface area (Å²) in [4.78, 5) is 0. The number of nitrogens with zero attached hydrogens (tertiary/aromatic N) is 2. The minimum Gasteiger partial charge on any atom is -0.316 e. The van der Waals surface area contributed by atoms with Crippen molar-refractivity contribution in [3.05, 3.63) is 33.8 Å². The first-order chi connectivity index (χ1) is 9.61. The molecule has 0 atom stereocenters. The zero-order valence-corrected chi connectivity index (χ0v) is 12.5. The quantitative estimate of drug-likeness (QED) is 0.652. The first-order valence-corrected chi connectivity index (χ1v) is 7.49. The monoisotopic (exact) mass is 317 g/mol. The SMILES string of the molecule is CCCNCCc1nnc(-c2cc(F)c(Cl)cc2F)s1. The molecule has 0 saturated carbocycles. The van der Waals surface area contributed by atoms with Gasteiger partial charge in [0.2, 0.25) is 0 Å². The fourth-order valence-electron chi connectivity index (χ4n) is 1.65. The maximum absolute atomic E-state index is 13.8. The van der Waals surface area contributed by atoms with Crippen LogP contribution >= 0.6 is 22.9 Å². The van der Waals surface area contributed by atoms with Crippen molar-refractivity contribution in [2.75, 3.05) is 13.1 Å². The molecule has 0 radical (unpaired) electrons. The van der Waals surface area contributed by atoms with Crippen LogP contribution in [0, 0.1) is 11.6 Å². The standard InChI is InChI=1S/C13H14ClF2N3S/c1-2-4-17-5-3-12-18-19-13(20-12)8-6-11(16)9(14)7-10(8)15/h6-7,17H,2-5H2,1H3. The Hall–Kier alpha value is -1.11. The molecule has 108 valence electrons. The summed E-state index contributed by atoms with van der Waals surface area (Å²) in [5.74, 6) is -1.26. The van der Waals surface area contributed by atoms with Gasteiger partial charge < -0.3 is 5.32 Å². The van der Waals surface area contributed by atoms with Crippen LogP contribution in [-0.2, 0) is 6.42 Å². The Morgan fingerprint density at radius 1 is 1.20 bits per heavy atom. The Balaban J connectivity index is 2.10. The summed E-state index contributed by atoms with van der Waals surface area (Å²) in [5.41, 5.74) is 0.0946. The summed E-state index contributed by atoms with van der Waals surface area (Å²) in [6.07, 6.45) is 1.78. The normalized spacial score (nSPS) is 11.0. The van der Waals surface area contributed by atoms with Gasteiger partial charge in [0.15, 0.2) is 5.01 Å². The van der Waals surface area contributed by atoms with Gasteiger partial charge in [-0.3, -0.25) is 0 Å². The highest BCUT2D eigenvalue weighted by Crippen LogP contribution is 2.29. The molecule has 1 aromatic heterocycles. The van der Waals surface area contributed by atoms with Crippen molar-refractivity contribution in [3.63, 3.8) is 0 Å². The van der Waals surface area contributed by atoms with E-state index in [1.807, 2.05) is 0 Å². The largest absolute Gasteiger partial charge is 0.316 e. The Morgan fingerprint density at radius 3 is 2.75 bits per heavy atom. The number of rotatable bonds is 6. The molecule has 0 aliphatic heterocycles. The van der Waals surface area contributed by atoms with Crippen LogP contribution in [0.4, 0.5) is 8.78 Å². The highest BCUT2D eigenvalue weighted by Gasteiger charge is 2.14. The van der Waals surface area contributed by atoms with E-state index in [1.165, 1.54) is 11.3 Å². The number of nitrogens with one attached hydrogen (secondary N) is 1. The maximum atomic E-state index is 13.8. The van der Waals surface area contributed by atoms with Gasteiger partial charge in [-0.05, 0) is 25.1 Å². The molecule has 2 aromatic rings. The van der Waals surface area contributed by atoms with Gasteiger partial charge in [0, 0.05) is 13.0 Å². The molecular weight excluding hydrogens is 304 g/mol. The van der Waals surface area contributed by atoms with E-state index in [9.17, 15) is 8.78 Å². The van der Waals surface area contributed by atoms with E-state index < -0.39 is 11.6 Å². The third kappa shape index (κ3) is 3.71. The molecule has 0 aliphatic rings. The maximum Gasteiger partial charge on any atom is 0.150 e. The van der Waals surface area contributed by atoms with E-state index in [1.54, 1.807) is 0 Å². The molecule has 7 heteroatoms. The van der Waals surface area contributed by atoms with Crippen molar-refractivity contribution in [1.82, 2.24) is 15.5 Å². The molecule has 0 fully saturated rings.